The van der Waals surface area contributed by atoms with E-state index in [1.807, 2.05) is 42.6 Å². The Morgan fingerprint density at radius 1 is 1.46 bits per heavy atom. The average molecular weight is 480 g/mol. The molecule has 0 spiro atoms. The van der Waals surface area contributed by atoms with Crippen LogP contribution in [0.4, 0.5) is 0 Å². The minimum absolute atomic E-state index is 0.0305. The van der Waals surface area contributed by atoms with Crippen LogP contribution in [-0.2, 0) is 4.79 Å². The molecule has 1 aliphatic rings. The second kappa shape index (κ2) is 9.19. The van der Waals surface area contributed by atoms with E-state index in [1.54, 1.807) is 13.3 Å². The molecule has 1 aromatic carbocycles. The molecule has 0 aromatic heterocycles. The Morgan fingerprint density at radius 2 is 2.17 bits per heavy atom. The fourth-order valence-electron chi connectivity index (χ4n) is 2.29. The van der Waals surface area contributed by atoms with Crippen LogP contribution < -0.4 is 14.9 Å². The zero-order chi connectivity index (χ0) is 17.6. The third kappa shape index (κ3) is 5.45. The van der Waals surface area contributed by atoms with E-state index in [0.717, 1.165) is 20.6 Å². The Kier molecular flexibility index (Phi) is 7.55. The fourth-order valence-corrected chi connectivity index (χ4v) is 5.97. The molecule has 1 fully saturated rings. The van der Waals surface area contributed by atoms with Crippen LogP contribution in [0.3, 0.4) is 0 Å². The van der Waals surface area contributed by atoms with Crippen LogP contribution in [0.25, 0.3) is 0 Å². The molecule has 0 radical (unpaired) electrons. The molecule has 8 heteroatoms. The molecule has 132 valence electrons. The van der Waals surface area contributed by atoms with Crippen molar-refractivity contribution in [1.29, 1.82) is 0 Å². The summed E-state index contributed by atoms with van der Waals surface area (Å²) in [5, 5.41) is 4.07. The molecule has 1 aromatic rings. The van der Waals surface area contributed by atoms with E-state index >= 15 is 0 Å². The number of hydrogen-bond donors (Lipinski definition) is 1. The first kappa shape index (κ1) is 19.7. The number of thioether (sulfide) groups is 2. The molecule has 5 nitrogen and oxygen atoms in total. The maximum atomic E-state index is 12.0. The summed E-state index contributed by atoms with van der Waals surface area (Å²) in [4.78, 5) is 12.0. The van der Waals surface area contributed by atoms with Gasteiger partial charge < -0.3 is 9.47 Å². The number of hydrazone groups is 1. The van der Waals surface area contributed by atoms with Gasteiger partial charge in [0.25, 0.3) is 0 Å². The Hall–Kier alpha value is -0.610. The van der Waals surface area contributed by atoms with Crippen molar-refractivity contribution in [3.8, 4) is 11.5 Å². The van der Waals surface area contributed by atoms with Crippen molar-refractivity contribution in [2.24, 2.45) is 5.10 Å². The number of hydrogen-bond acceptors (Lipinski definition) is 6. The van der Waals surface area contributed by atoms with Gasteiger partial charge in [0.2, 0.25) is 5.91 Å². The van der Waals surface area contributed by atoms with Crippen molar-refractivity contribution in [2.75, 3.05) is 25.2 Å². The predicted octanol–water partition coefficient (Wildman–Crippen LogP) is 3.73. The number of nitrogens with one attached hydrogen (secondary N) is 1. The van der Waals surface area contributed by atoms with Gasteiger partial charge in [-0.05, 0) is 54.1 Å². The topological polar surface area (TPSA) is 59.9 Å². The summed E-state index contributed by atoms with van der Waals surface area (Å²) in [6.07, 6.45) is 2.09. The Balaban J connectivity index is 1.99. The molecule has 1 heterocycles. The van der Waals surface area contributed by atoms with Crippen molar-refractivity contribution < 1.29 is 14.3 Å². The molecule has 1 N–H and O–H groups in total. The molecular formula is C16H21IN2O3S2. The lowest BCUT2D eigenvalue weighted by Crippen LogP contribution is -2.26. The van der Waals surface area contributed by atoms with E-state index in [-0.39, 0.29) is 9.99 Å². The van der Waals surface area contributed by atoms with E-state index in [9.17, 15) is 4.79 Å². The maximum Gasteiger partial charge on any atom is 0.242 e. The molecule has 24 heavy (non-hydrogen) atoms. The highest BCUT2D eigenvalue weighted by Gasteiger charge is 2.32. The van der Waals surface area contributed by atoms with Gasteiger partial charge >= 0.3 is 0 Å². The smallest absolute Gasteiger partial charge is 0.242 e. The lowest BCUT2D eigenvalue weighted by atomic mass is 10.2. The summed E-state index contributed by atoms with van der Waals surface area (Å²) in [5.74, 6) is 3.52. The molecule has 0 bridgehead atoms. The van der Waals surface area contributed by atoms with Gasteiger partial charge in [0.15, 0.2) is 11.5 Å². The number of ether oxygens (including phenoxy) is 2. The Bertz CT molecular complexity index is 620. The summed E-state index contributed by atoms with van der Waals surface area (Å²) in [5.41, 5.74) is 3.46. The van der Waals surface area contributed by atoms with Gasteiger partial charge in [0.1, 0.15) is 0 Å². The number of methoxy groups -OCH3 is 1. The van der Waals surface area contributed by atoms with Crippen LogP contribution in [0.1, 0.15) is 25.8 Å². The SMILES string of the molecule is CCOc1cc(/C=N/NC(=O)CC2(C)SCCS2)cc(I)c1OC. The van der Waals surface area contributed by atoms with Crippen molar-refractivity contribution >= 4 is 58.2 Å². The standard InChI is InChI=1S/C16H21IN2O3S2/c1-4-22-13-8-11(7-12(17)15(13)21-3)10-18-19-14(20)9-16(2)23-5-6-24-16/h7-8,10H,4-6,9H2,1-3H3,(H,19,20)/b18-10+. The van der Waals surface area contributed by atoms with Crippen molar-refractivity contribution in [2.45, 2.75) is 24.3 Å². The van der Waals surface area contributed by atoms with Crippen molar-refractivity contribution in [3.05, 3.63) is 21.3 Å². The highest BCUT2D eigenvalue weighted by Crippen LogP contribution is 2.45. The zero-order valence-electron chi connectivity index (χ0n) is 13.9. The van der Waals surface area contributed by atoms with Gasteiger partial charge in [-0.2, -0.15) is 5.10 Å². The molecule has 0 saturated carbocycles. The molecular weight excluding hydrogens is 459 g/mol. The van der Waals surface area contributed by atoms with Gasteiger partial charge in [-0.15, -0.1) is 23.5 Å². The average Bonchev–Trinajstić information content (AvgIpc) is 2.93. The molecule has 2 rings (SSSR count). The number of halogens is 1. The second-order valence-electron chi connectivity index (χ2n) is 5.27. The monoisotopic (exact) mass is 480 g/mol. The quantitative estimate of drug-likeness (QED) is 0.366. The van der Waals surface area contributed by atoms with Gasteiger partial charge in [-0.3, -0.25) is 4.79 Å². The van der Waals surface area contributed by atoms with Gasteiger partial charge in [-0.25, -0.2) is 5.43 Å². The minimum atomic E-state index is -0.0658. The Morgan fingerprint density at radius 3 is 2.79 bits per heavy atom. The Labute approximate surface area is 164 Å². The van der Waals surface area contributed by atoms with Gasteiger partial charge in [-0.1, -0.05) is 0 Å². The van der Waals surface area contributed by atoms with Crippen molar-refractivity contribution in [1.82, 2.24) is 5.43 Å². The summed E-state index contributed by atoms with van der Waals surface area (Å²) in [6.45, 7) is 4.59. The lowest BCUT2D eigenvalue weighted by Gasteiger charge is -2.19. The van der Waals surface area contributed by atoms with E-state index < -0.39 is 0 Å². The molecule has 0 unspecified atom stereocenters. The molecule has 0 atom stereocenters. The fraction of sp³-hybridized carbons (Fsp3) is 0.500. The van der Waals surface area contributed by atoms with E-state index in [4.69, 9.17) is 9.47 Å². The number of nitrogens with zero attached hydrogens (tertiary/aromatic N) is 1. The van der Waals surface area contributed by atoms with Gasteiger partial charge in [0.05, 0.1) is 34.0 Å². The number of carbonyl (C=O) groups excluding carboxylic acids is 1. The number of carbonyl (C=O) groups is 1. The number of amides is 1. The normalized spacial score (nSPS) is 16.3. The molecule has 0 aliphatic carbocycles. The highest BCUT2D eigenvalue weighted by molar-refractivity contribution is 14.1. The second-order valence-corrected chi connectivity index (χ2v) is 9.88. The summed E-state index contributed by atoms with van der Waals surface area (Å²) in [6, 6.07) is 3.78. The maximum absolute atomic E-state index is 12.0. The highest BCUT2D eigenvalue weighted by atomic mass is 127. The third-order valence-corrected chi connectivity index (χ3v) is 7.41. The molecule has 1 saturated heterocycles. The number of rotatable bonds is 7. The van der Waals surface area contributed by atoms with E-state index in [0.29, 0.717) is 24.5 Å². The summed E-state index contributed by atoms with van der Waals surface area (Å²) >= 11 is 5.86. The summed E-state index contributed by atoms with van der Waals surface area (Å²) in [7, 11) is 1.62. The van der Waals surface area contributed by atoms with Gasteiger partial charge in [0, 0.05) is 11.5 Å². The number of benzene rings is 1. The van der Waals surface area contributed by atoms with E-state index in [2.05, 4.69) is 40.0 Å². The molecule has 1 amide bonds. The largest absolute Gasteiger partial charge is 0.492 e. The zero-order valence-corrected chi connectivity index (χ0v) is 17.7. The summed E-state index contributed by atoms with van der Waals surface area (Å²) < 4.78 is 11.9. The van der Waals surface area contributed by atoms with E-state index in [1.165, 1.54) is 0 Å². The van der Waals surface area contributed by atoms with Crippen LogP contribution in [0.5, 0.6) is 11.5 Å². The van der Waals surface area contributed by atoms with Crippen LogP contribution in [-0.4, -0.2) is 41.4 Å². The van der Waals surface area contributed by atoms with Crippen LogP contribution in [0.15, 0.2) is 17.2 Å². The first-order valence-electron chi connectivity index (χ1n) is 7.57. The van der Waals surface area contributed by atoms with Crippen molar-refractivity contribution in [3.63, 3.8) is 0 Å². The first-order chi connectivity index (χ1) is 11.5. The van der Waals surface area contributed by atoms with Crippen LogP contribution in [0.2, 0.25) is 0 Å². The first-order valence-corrected chi connectivity index (χ1v) is 10.6. The van der Waals surface area contributed by atoms with Crippen LogP contribution in [0, 0.1) is 3.57 Å². The molecule has 1 aliphatic heterocycles. The van der Waals surface area contributed by atoms with Crippen LogP contribution >= 0.6 is 46.1 Å². The third-order valence-electron chi connectivity index (χ3n) is 3.32. The minimum Gasteiger partial charge on any atom is -0.492 e. The lowest BCUT2D eigenvalue weighted by molar-refractivity contribution is -0.121. The predicted molar refractivity (Wildman–Crippen MR) is 111 cm³/mol.